The number of hydrogen-bond acceptors (Lipinski definition) is 3. The Morgan fingerprint density at radius 3 is 2.41 bits per heavy atom. The Balaban J connectivity index is 1.06. The Bertz CT molecular complexity index is 2860. The Kier molecular flexibility index (Phi) is 7.31. The summed E-state index contributed by atoms with van der Waals surface area (Å²) < 4.78 is 6.71. The van der Waals surface area contributed by atoms with Crippen LogP contribution in [0.1, 0.15) is 45.6 Å². The molecule has 3 aliphatic rings. The number of benzene rings is 7. The summed E-state index contributed by atoms with van der Waals surface area (Å²) in [7, 11) is 0. The van der Waals surface area contributed by atoms with E-state index >= 15 is 0 Å². The molecule has 0 saturated heterocycles. The van der Waals surface area contributed by atoms with Gasteiger partial charge in [0.25, 0.3) is 0 Å². The van der Waals surface area contributed by atoms with Crippen LogP contribution in [0.25, 0.3) is 55.6 Å². The third kappa shape index (κ3) is 5.03. The van der Waals surface area contributed by atoms with Crippen molar-refractivity contribution in [1.82, 2.24) is 0 Å². The van der Waals surface area contributed by atoms with Gasteiger partial charge in [-0.2, -0.15) is 0 Å². The van der Waals surface area contributed by atoms with Gasteiger partial charge in [-0.3, -0.25) is 0 Å². The summed E-state index contributed by atoms with van der Waals surface area (Å²) in [6, 6.07) is 51.7. The Hall–Kier alpha value is -6.03. The maximum atomic E-state index is 6.71. The molecule has 0 spiro atoms. The number of aryl methyl sites for hydroxylation is 2. The van der Waals surface area contributed by atoms with Gasteiger partial charge >= 0.3 is 0 Å². The first-order valence-corrected chi connectivity index (χ1v) is 20.0. The van der Waals surface area contributed by atoms with Gasteiger partial charge in [-0.1, -0.05) is 116 Å². The van der Waals surface area contributed by atoms with E-state index in [0.29, 0.717) is 0 Å². The lowest BCUT2D eigenvalue weighted by atomic mass is 9.93. The molecular formula is C51H37NOS. The molecule has 2 aliphatic carbocycles. The van der Waals surface area contributed by atoms with Crippen molar-refractivity contribution in [3.8, 4) is 22.3 Å². The Morgan fingerprint density at radius 1 is 0.630 bits per heavy atom. The number of thioether (sulfide) groups is 1. The molecule has 1 aliphatic heterocycles. The molecular weight excluding hydrogens is 675 g/mol. The molecule has 0 N–H and O–H groups in total. The zero-order valence-electron chi connectivity index (χ0n) is 29.9. The van der Waals surface area contributed by atoms with Crippen LogP contribution in [-0.4, -0.2) is 5.75 Å². The third-order valence-electron chi connectivity index (χ3n) is 11.6. The predicted octanol–water partition coefficient (Wildman–Crippen LogP) is 14.0. The van der Waals surface area contributed by atoms with E-state index in [4.69, 9.17) is 11.0 Å². The van der Waals surface area contributed by atoms with E-state index in [9.17, 15) is 0 Å². The average Bonchev–Trinajstić information content (AvgIpc) is 3.79. The van der Waals surface area contributed by atoms with E-state index in [1.807, 2.05) is 11.8 Å². The van der Waals surface area contributed by atoms with Crippen molar-refractivity contribution in [3.05, 3.63) is 191 Å². The summed E-state index contributed by atoms with van der Waals surface area (Å²) >= 11 is 1.89. The number of fused-ring (bicyclic) bond motifs is 10. The fraction of sp³-hybridized carbons (Fsp3) is 0.0980. The van der Waals surface area contributed by atoms with Crippen molar-refractivity contribution in [2.75, 3.05) is 10.7 Å². The molecule has 0 amide bonds. The first-order chi connectivity index (χ1) is 26.7. The van der Waals surface area contributed by atoms with Crippen molar-refractivity contribution >= 4 is 62.2 Å². The fourth-order valence-electron chi connectivity index (χ4n) is 8.98. The van der Waals surface area contributed by atoms with Crippen LogP contribution in [0.5, 0.6) is 0 Å². The molecule has 11 rings (SSSR count). The number of hydrogen-bond donors (Lipinski definition) is 0. The van der Waals surface area contributed by atoms with Gasteiger partial charge in [0.15, 0.2) is 0 Å². The van der Waals surface area contributed by atoms with Crippen LogP contribution in [0.15, 0.2) is 161 Å². The van der Waals surface area contributed by atoms with Crippen LogP contribution in [0.2, 0.25) is 0 Å². The van der Waals surface area contributed by atoms with Crippen LogP contribution in [0.3, 0.4) is 0 Å². The first kappa shape index (κ1) is 31.5. The van der Waals surface area contributed by atoms with Gasteiger partial charge in [-0.15, -0.1) is 11.8 Å². The van der Waals surface area contributed by atoms with Crippen molar-refractivity contribution in [3.63, 3.8) is 0 Å². The first-order valence-electron chi connectivity index (χ1n) is 19.0. The highest BCUT2D eigenvalue weighted by Crippen LogP contribution is 2.48. The number of nitrogens with zero attached hydrogens (tertiary/aromatic N) is 1. The number of furan rings is 1. The van der Waals surface area contributed by atoms with Gasteiger partial charge in [0, 0.05) is 51.2 Å². The molecule has 0 saturated carbocycles. The third-order valence-corrected chi connectivity index (χ3v) is 12.7. The molecule has 2 heterocycles. The standard InChI is InChI=1S/C51H37NOS/c1-32-45-31-40(24-26-49(45)54-28-27-48-50(32)44-25-21-35-10-4-7-14-42(35)51(44)53-48)52(47-16-8-15-43-41-13-6-5-12-38(41)30-46(43)47)39-22-19-34(20-23-39)37-18-17-33-9-2-3-11-36(33)29-37/h2,4-10,12-26,29,31H,1,3,11,27-28,30H2. The summed E-state index contributed by atoms with van der Waals surface area (Å²) in [5.41, 5.74) is 18.4. The highest BCUT2D eigenvalue weighted by molar-refractivity contribution is 7.99. The molecule has 0 fully saturated rings. The molecule has 0 radical (unpaired) electrons. The molecule has 2 nitrogen and oxygen atoms in total. The van der Waals surface area contributed by atoms with Crippen LogP contribution in [0.4, 0.5) is 17.1 Å². The summed E-state index contributed by atoms with van der Waals surface area (Å²) in [5, 5.41) is 3.48. The van der Waals surface area contributed by atoms with E-state index in [1.165, 1.54) is 60.5 Å². The predicted molar refractivity (Wildman–Crippen MR) is 228 cm³/mol. The van der Waals surface area contributed by atoms with Crippen molar-refractivity contribution in [2.45, 2.75) is 30.6 Å². The minimum atomic E-state index is 0.860. The average molecular weight is 712 g/mol. The SMILES string of the molecule is C=C1c2cc(N(c3ccc(-c4ccc5c(c4)CCC=C5)cc3)c3cccc4c3Cc3ccccc3-4)ccc2SCCc2oc3c(ccc4ccccc43)c21. The Labute approximate surface area is 320 Å². The van der Waals surface area contributed by atoms with Crippen LogP contribution < -0.4 is 4.90 Å². The lowest BCUT2D eigenvalue weighted by Gasteiger charge is -2.29. The maximum absolute atomic E-state index is 6.71. The minimum absolute atomic E-state index is 0.860. The van der Waals surface area contributed by atoms with Crippen molar-refractivity contribution in [1.29, 1.82) is 0 Å². The quantitative estimate of drug-likeness (QED) is 0.181. The second-order valence-corrected chi connectivity index (χ2v) is 15.8. The fourth-order valence-corrected chi connectivity index (χ4v) is 9.99. The van der Waals surface area contributed by atoms with Crippen molar-refractivity contribution in [2.24, 2.45) is 0 Å². The summed E-state index contributed by atoms with van der Waals surface area (Å²) in [6.07, 6.45) is 8.51. The number of anilines is 3. The monoisotopic (exact) mass is 711 g/mol. The highest BCUT2D eigenvalue weighted by atomic mass is 32.2. The van der Waals surface area contributed by atoms with Crippen LogP contribution in [0, 0.1) is 0 Å². The topological polar surface area (TPSA) is 16.4 Å². The van der Waals surface area contributed by atoms with Gasteiger partial charge in [0.1, 0.15) is 11.3 Å². The number of allylic oxidation sites excluding steroid dienone is 1. The van der Waals surface area contributed by atoms with Gasteiger partial charge in [0.2, 0.25) is 0 Å². The molecule has 0 unspecified atom stereocenters. The van der Waals surface area contributed by atoms with E-state index in [2.05, 4.69) is 157 Å². The maximum Gasteiger partial charge on any atom is 0.142 e. The molecule has 1 aromatic heterocycles. The molecule has 54 heavy (non-hydrogen) atoms. The van der Waals surface area contributed by atoms with E-state index < -0.39 is 0 Å². The summed E-state index contributed by atoms with van der Waals surface area (Å²) in [6.45, 7) is 4.81. The summed E-state index contributed by atoms with van der Waals surface area (Å²) in [5.74, 6) is 1.97. The zero-order valence-corrected chi connectivity index (χ0v) is 30.8. The zero-order chi connectivity index (χ0) is 35.8. The Morgan fingerprint density at radius 2 is 1.46 bits per heavy atom. The van der Waals surface area contributed by atoms with Gasteiger partial charge in [-0.25, -0.2) is 0 Å². The lowest BCUT2D eigenvalue weighted by molar-refractivity contribution is 0.559. The summed E-state index contributed by atoms with van der Waals surface area (Å²) in [4.78, 5) is 3.72. The van der Waals surface area contributed by atoms with E-state index in [0.717, 1.165) is 81.6 Å². The van der Waals surface area contributed by atoms with Gasteiger partial charge in [0.05, 0.1) is 5.69 Å². The molecule has 0 atom stereocenters. The van der Waals surface area contributed by atoms with Gasteiger partial charge in [-0.05, 0) is 116 Å². The highest BCUT2D eigenvalue weighted by Gasteiger charge is 2.27. The molecule has 8 aromatic rings. The number of rotatable bonds is 4. The second kappa shape index (κ2) is 12.5. The molecule has 258 valence electrons. The van der Waals surface area contributed by atoms with Crippen molar-refractivity contribution < 1.29 is 4.42 Å². The molecule has 3 heteroatoms. The largest absolute Gasteiger partial charge is 0.460 e. The van der Waals surface area contributed by atoms with E-state index in [-0.39, 0.29) is 0 Å². The smallest absolute Gasteiger partial charge is 0.142 e. The molecule has 0 bridgehead atoms. The van der Waals surface area contributed by atoms with Crippen LogP contribution in [-0.2, 0) is 19.3 Å². The molecule has 7 aromatic carbocycles. The van der Waals surface area contributed by atoms with E-state index in [1.54, 1.807) is 0 Å². The van der Waals surface area contributed by atoms with Crippen LogP contribution >= 0.6 is 11.8 Å². The second-order valence-electron chi connectivity index (χ2n) is 14.7. The normalized spacial score (nSPS) is 14.2. The lowest BCUT2D eigenvalue weighted by Crippen LogP contribution is -2.13. The van der Waals surface area contributed by atoms with Gasteiger partial charge < -0.3 is 9.32 Å². The minimum Gasteiger partial charge on any atom is -0.460 e.